The van der Waals surface area contributed by atoms with Crippen molar-refractivity contribution in [3.63, 3.8) is 0 Å². The second-order valence-corrected chi connectivity index (χ2v) is 4.18. The molecule has 0 aliphatic rings. The van der Waals surface area contributed by atoms with E-state index in [4.69, 9.17) is 5.26 Å². The number of rotatable bonds is 4. The number of nitrogens with zero attached hydrogens (tertiary/aromatic N) is 4. The highest BCUT2D eigenvalue weighted by Crippen LogP contribution is 2.14. The number of amides is 1. The van der Waals surface area contributed by atoms with Gasteiger partial charge in [0.25, 0.3) is 0 Å². The fourth-order valence-electron chi connectivity index (χ4n) is 1.16. The van der Waals surface area contributed by atoms with Crippen molar-refractivity contribution in [2.24, 2.45) is 4.99 Å². The van der Waals surface area contributed by atoms with Gasteiger partial charge in [-0.2, -0.15) is 10.3 Å². The molecule has 7 nitrogen and oxygen atoms in total. The third kappa shape index (κ3) is 3.81. The molecule has 0 radical (unpaired) electrons. The van der Waals surface area contributed by atoms with Crippen molar-refractivity contribution >= 4 is 22.2 Å². The number of unbranched alkanes of at least 4 members (excludes halogenated alkanes) is 1. The molecule has 0 aliphatic heterocycles. The highest BCUT2D eigenvalue weighted by atomic mass is 32.1. The maximum atomic E-state index is 10.9. The normalized spacial score (nSPS) is 11.2. The molecule has 90 valence electrons. The number of nitro groups is 1. The van der Waals surface area contributed by atoms with Gasteiger partial charge in [0, 0.05) is 19.9 Å². The molecule has 1 amide bonds. The first-order valence-electron chi connectivity index (χ1n) is 4.81. The molecule has 1 aromatic rings. The second-order valence-electron chi connectivity index (χ2n) is 3.19. The third-order valence-electron chi connectivity index (χ3n) is 1.83. The summed E-state index contributed by atoms with van der Waals surface area (Å²) in [5.74, 6) is -0.407. The van der Waals surface area contributed by atoms with Crippen molar-refractivity contribution in [1.29, 1.82) is 5.26 Å². The zero-order valence-electron chi connectivity index (χ0n) is 9.12. The molecule has 0 fully saturated rings. The van der Waals surface area contributed by atoms with Crippen molar-refractivity contribution in [3.8, 4) is 6.07 Å². The van der Waals surface area contributed by atoms with E-state index in [-0.39, 0.29) is 5.00 Å². The summed E-state index contributed by atoms with van der Waals surface area (Å²) in [5.41, 5.74) is 0. The standard InChI is InChI=1S/C9H10N4O3S/c1-7(14)11-9-12(5-3-2-4-10)6-8(17-9)13(15)16/h6H,2-3,5H2,1H3. The molecule has 1 aromatic heterocycles. The lowest BCUT2D eigenvalue weighted by Crippen LogP contribution is -2.15. The Morgan fingerprint density at radius 2 is 2.47 bits per heavy atom. The molecule has 0 bridgehead atoms. The van der Waals surface area contributed by atoms with Crippen molar-refractivity contribution < 1.29 is 9.72 Å². The molecule has 0 spiro atoms. The summed E-state index contributed by atoms with van der Waals surface area (Å²) in [4.78, 5) is 25.0. The Kier molecular flexibility index (Phi) is 4.54. The van der Waals surface area contributed by atoms with Gasteiger partial charge in [0.2, 0.25) is 5.91 Å². The summed E-state index contributed by atoms with van der Waals surface area (Å²) in [6, 6.07) is 1.99. The Bertz CT molecular complexity index is 537. The summed E-state index contributed by atoms with van der Waals surface area (Å²) >= 11 is 0.847. The number of nitriles is 1. The van der Waals surface area contributed by atoms with Crippen LogP contribution >= 0.6 is 11.3 Å². The van der Waals surface area contributed by atoms with Crippen LogP contribution in [0.5, 0.6) is 0 Å². The van der Waals surface area contributed by atoms with Gasteiger partial charge in [0.05, 0.1) is 17.2 Å². The fraction of sp³-hybridized carbons (Fsp3) is 0.444. The van der Waals surface area contributed by atoms with Gasteiger partial charge < -0.3 is 4.57 Å². The molecule has 17 heavy (non-hydrogen) atoms. The number of carbonyl (C=O) groups excluding carboxylic acids is 1. The number of carbonyl (C=O) groups is 1. The fourth-order valence-corrected chi connectivity index (χ4v) is 2.04. The molecule has 0 aliphatic carbocycles. The van der Waals surface area contributed by atoms with Crippen LogP contribution in [0.4, 0.5) is 5.00 Å². The highest BCUT2D eigenvalue weighted by Gasteiger charge is 2.12. The Labute approximate surface area is 101 Å². The van der Waals surface area contributed by atoms with Crippen molar-refractivity contribution in [1.82, 2.24) is 4.57 Å². The van der Waals surface area contributed by atoms with E-state index >= 15 is 0 Å². The van der Waals surface area contributed by atoms with Gasteiger partial charge in [-0.15, -0.1) is 0 Å². The van der Waals surface area contributed by atoms with Crippen LogP contribution in [0.25, 0.3) is 0 Å². The van der Waals surface area contributed by atoms with Crippen LogP contribution in [0, 0.1) is 21.4 Å². The first kappa shape index (κ1) is 13.1. The van der Waals surface area contributed by atoms with Crippen LogP contribution in [0.1, 0.15) is 19.8 Å². The number of hydrogen-bond acceptors (Lipinski definition) is 5. The lowest BCUT2D eigenvalue weighted by molar-refractivity contribution is -0.380. The summed E-state index contributed by atoms with van der Waals surface area (Å²) < 4.78 is 1.53. The van der Waals surface area contributed by atoms with E-state index in [1.165, 1.54) is 17.7 Å². The van der Waals surface area contributed by atoms with Crippen LogP contribution in [0.15, 0.2) is 11.2 Å². The van der Waals surface area contributed by atoms with E-state index in [9.17, 15) is 14.9 Å². The van der Waals surface area contributed by atoms with Gasteiger partial charge in [-0.3, -0.25) is 14.9 Å². The monoisotopic (exact) mass is 254 g/mol. The minimum Gasteiger partial charge on any atom is -0.317 e. The smallest absolute Gasteiger partial charge is 0.317 e. The molecule has 0 unspecified atom stereocenters. The van der Waals surface area contributed by atoms with Crippen molar-refractivity contribution in [3.05, 3.63) is 21.1 Å². The molecular weight excluding hydrogens is 244 g/mol. The van der Waals surface area contributed by atoms with Crippen LogP contribution in [-0.4, -0.2) is 15.4 Å². The quantitative estimate of drug-likeness (QED) is 0.457. The molecule has 0 atom stereocenters. The molecule has 1 rings (SSSR count). The lowest BCUT2D eigenvalue weighted by atomic mass is 10.3. The average Bonchev–Trinajstić information content (AvgIpc) is 2.61. The first-order valence-corrected chi connectivity index (χ1v) is 5.63. The summed E-state index contributed by atoms with van der Waals surface area (Å²) in [6.07, 6.45) is 2.26. The van der Waals surface area contributed by atoms with Gasteiger partial charge in [-0.1, -0.05) is 0 Å². The van der Waals surface area contributed by atoms with E-state index in [2.05, 4.69) is 4.99 Å². The van der Waals surface area contributed by atoms with E-state index < -0.39 is 10.8 Å². The zero-order valence-corrected chi connectivity index (χ0v) is 9.94. The van der Waals surface area contributed by atoms with Crippen molar-refractivity contribution in [2.75, 3.05) is 0 Å². The largest absolute Gasteiger partial charge is 0.343 e. The highest BCUT2D eigenvalue weighted by molar-refractivity contribution is 7.12. The van der Waals surface area contributed by atoms with Crippen molar-refractivity contribution in [2.45, 2.75) is 26.3 Å². The number of aromatic nitrogens is 1. The first-order chi connectivity index (χ1) is 8.04. The molecule has 1 heterocycles. The summed E-state index contributed by atoms with van der Waals surface area (Å²) in [6.45, 7) is 1.72. The van der Waals surface area contributed by atoms with Gasteiger partial charge >= 0.3 is 5.00 Å². The summed E-state index contributed by atoms with van der Waals surface area (Å²) in [7, 11) is 0. The van der Waals surface area contributed by atoms with Crippen LogP contribution in [-0.2, 0) is 11.3 Å². The summed E-state index contributed by atoms with van der Waals surface area (Å²) in [5, 5.41) is 18.9. The number of hydrogen-bond donors (Lipinski definition) is 0. The molecule has 8 heteroatoms. The SMILES string of the molecule is CC(=O)N=c1sc([N+](=O)[O-])cn1CCCC#N. The zero-order chi connectivity index (χ0) is 12.8. The van der Waals surface area contributed by atoms with E-state index in [0.29, 0.717) is 24.2 Å². The predicted molar refractivity (Wildman–Crippen MR) is 60.1 cm³/mol. The Balaban J connectivity index is 3.05. The predicted octanol–water partition coefficient (Wildman–Crippen LogP) is 1.21. The van der Waals surface area contributed by atoms with Crippen LogP contribution in [0.3, 0.4) is 0 Å². The van der Waals surface area contributed by atoms with Gasteiger partial charge in [-0.25, -0.2) is 0 Å². The molecule has 0 N–H and O–H groups in total. The lowest BCUT2D eigenvalue weighted by Gasteiger charge is -1.97. The Morgan fingerprint density at radius 3 is 3.00 bits per heavy atom. The Morgan fingerprint density at radius 1 is 1.76 bits per heavy atom. The molecule has 0 aromatic carbocycles. The number of aryl methyl sites for hydroxylation is 1. The van der Waals surface area contributed by atoms with Crippen LogP contribution in [0.2, 0.25) is 0 Å². The molecule has 0 saturated carbocycles. The minimum absolute atomic E-state index is 0.0676. The van der Waals surface area contributed by atoms with Gasteiger partial charge in [0.1, 0.15) is 0 Å². The second kappa shape index (κ2) is 5.91. The minimum atomic E-state index is -0.523. The van der Waals surface area contributed by atoms with Crippen LogP contribution < -0.4 is 4.80 Å². The number of thiazole rings is 1. The maximum Gasteiger partial charge on any atom is 0.343 e. The average molecular weight is 254 g/mol. The third-order valence-corrected chi connectivity index (χ3v) is 2.80. The van der Waals surface area contributed by atoms with E-state index in [0.717, 1.165) is 11.3 Å². The van der Waals surface area contributed by atoms with E-state index in [1.807, 2.05) is 6.07 Å². The topological polar surface area (TPSA) is 101 Å². The van der Waals surface area contributed by atoms with Gasteiger partial charge in [-0.05, 0) is 17.8 Å². The Hall–Kier alpha value is -2.01. The maximum absolute atomic E-state index is 10.9. The molecule has 0 saturated heterocycles. The van der Waals surface area contributed by atoms with E-state index in [1.54, 1.807) is 0 Å². The van der Waals surface area contributed by atoms with Gasteiger partial charge in [0.15, 0.2) is 4.80 Å². The molecular formula is C9H10N4O3S.